The Hall–Kier alpha value is -0.610. The van der Waals surface area contributed by atoms with Crippen LogP contribution in [0.15, 0.2) is 0 Å². The van der Waals surface area contributed by atoms with Gasteiger partial charge in [-0.25, -0.2) is 4.79 Å². The summed E-state index contributed by atoms with van der Waals surface area (Å²) < 4.78 is 15.8. The highest BCUT2D eigenvalue weighted by Crippen LogP contribution is 2.55. The lowest BCUT2D eigenvalue weighted by molar-refractivity contribution is -0.147. The first kappa shape index (κ1) is 9.93. The predicted molar refractivity (Wildman–Crippen MR) is 48.9 cm³/mol. The molecule has 0 aliphatic carbocycles. The second-order valence-corrected chi connectivity index (χ2v) is 3.92. The van der Waals surface area contributed by atoms with Crippen molar-refractivity contribution >= 4 is 5.97 Å². The SMILES string of the molecule is CCC1(C(=O)OC)OC12CCCOC2. The molecule has 0 saturated carbocycles. The maximum absolute atomic E-state index is 11.6. The van der Waals surface area contributed by atoms with Crippen molar-refractivity contribution in [2.45, 2.75) is 37.4 Å². The summed E-state index contributed by atoms with van der Waals surface area (Å²) in [6.45, 7) is 3.24. The summed E-state index contributed by atoms with van der Waals surface area (Å²) >= 11 is 0. The molecule has 0 radical (unpaired) electrons. The summed E-state index contributed by atoms with van der Waals surface area (Å²) in [5, 5.41) is 0. The van der Waals surface area contributed by atoms with Gasteiger partial charge in [0.2, 0.25) is 0 Å². The zero-order valence-corrected chi connectivity index (χ0v) is 8.67. The van der Waals surface area contributed by atoms with Crippen LogP contribution in [0.4, 0.5) is 0 Å². The zero-order chi connectivity index (χ0) is 10.2. The average molecular weight is 200 g/mol. The topological polar surface area (TPSA) is 48.1 Å². The van der Waals surface area contributed by atoms with Crippen LogP contribution in [-0.2, 0) is 19.0 Å². The molecule has 80 valence electrons. The Morgan fingerprint density at radius 2 is 2.36 bits per heavy atom. The van der Waals surface area contributed by atoms with Gasteiger partial charge in [0.15, 0.2) is 5.60 Å². The van der Waals surface area contributed by atoms with E-state index in [-0.39, 0.29) is 11.6 Å². The largest absolute Gasteiger partial charge is 0.467 e. The van der Waals surface area contributed by atoms with Gasteiger partial charge in [-0.15, -0.1) is 0 Å². The van der Waals surface area contributed by atoms with Crippen molar-refractivity contribution in [3.8, 4) is 0 Å². The first-order valence-electron chi connectivity index (χ1n) is 5.07. The van der Waals surface area contributed by atoms with Crippen molar-refractivity contribution in [1.29, 1.82) is 0 Å². The fraction of sp³-hybridized carbons (Fsp3) is 0.900. The molecule has 0 aromatic heterocycles. The fourth-order valence-electron chi connectivity index (χ4n) is 2.41. The van der Waals surface area contributed by atoms with Crippen molar-refractivity contribution in [3.63, 3.8) is 0 Å². The molecule has 2 fully saturated rings. The van der Waals surface area contributed by atoms with Crippen molar-refractivity contribution in [2.24, 2.45) is 0 Å². The molecule has 2 rings (SSSR count). The van der Waals surface area contributed by atoms with Crippen molar-refractivity contribution < 1.29 is 19.0 Å². The lowest BCUT2D eigenvalue weighted by atomic mass is 9.86. The van der Waals surface area contributed by atoms with Crippen molar-refractivity contribution in [3.05, 3.63) is 0 Å². The van der Waals surface area contributed by atoms with E-state index in [0.717, 1.165) is 19.4 Å². The third-order valence-electron chi connectivity index (χ3n) is 3.28. The molecule has 2 aliphatic heterocycles. The summed E-state index contributed by atoms with van der Waals surface area (Å²) in [6.07, 6.45) is 2.51. The number of carbonyl (C=O) groups excluding carboxylic acids is 1. The fourth-order valence-corrected chi connectivity index (χ4v) is 2.41. The van der Waals surface area contributed by atoms with Crippen molar-refractivity contribution in [1.82, 2.24) is 0 Å². The highest BCUT2D eigenvalue weighted by molar-refractivity contribution is 5.84. The molecule has 0 amide bonds. The molecule has 0 aromatic carbocycles. The predicted octanol–water partition coefficient (Wildman–Crippen LogP) is 0.888. The van der Waals surface area contributed by atoms with E-state index in [2.05, 4.69) is 0 Å². The molecule has 2 aliphatic rings. The van der Waals surface area contributed by atoms with Crippen LogP contribution in [0.2, 0.25) is 0 Å². The molecule has 2 heterocycles. The van der Waals surface area contributed by atoms with Gasteiger partial charge in [0.1, 0.15) is 5.60 Å². The van der Waals surface area contributed by atoms with Gasteiger partial charge < -0.3 is 14.2 Å². The molecule has 0 bridgehead atoms. The lowest BCUT2D eigenvalue weighted by Gasteiger charge is -2.21. The third-order valence-corrected chi connectivity index (χ3v) is 3.28. The van der Waals surface area contributed by atoms with Gasteiger partial charge >= 0.3 is 5.97 Å². The summed E-state index contributed by atoms with van der Waals surface area (Å²) in [7, 11) is 1.40. The first-order chi connectivity index (χ1) is 6.71. The number of hydrogen-bond acceptors (Lipinski definition) is 4. The van der Waals surface area contributed by atoms with E-state index in [1.54, 1.807) is 0 Å². The van der Waals surface area contributed by atoms with Crippen LogP contribution in [0, 0.1) is 0 Å². The maximum Gasteiger partial charge on any atom is 0.341 e. The molecule has 14 heavy (non-hydrogen) atoms. The van der Waals surface area contributed by atoms with E-state index in [0.29, 0.717) is 13.0 Å². The third kappa shape index (κ3) is 1.10. The molecular formula is C10H16O4. The van der Waals surface area contributed by atoms with Gasteiger partial charge in [0, 0.05) is 6.61 Å². The number of epoxide rings is 1. The Morgan fingerprint density at radius 3 is 2.86 bits per heavy atom. The van der Waals surface area contributed by atoms with Crippen LogP contribution >= 0.6 is 0 Å². The Kier molecular flexibility index (Phi) is 2.27. The molecule has 0 aromatic rings. The zero-order valence-electron chi connectivity index (χ0n) is 8.67. The Balaban J connectivity index is 2.14. The van der Waals surface area contributed by atoms with E-state index in [9.17, 15) is 4.79 Å². The van der Waals surface area contributed by atoms with Crippen LogP contribution in [0.25, 0.3) is 0 Å². The van der Waals surface area contributed by atoms with Crippen LogP contribution < -0.4 is 0 Å². The van der Waals surface area contributed by atoms with Gasteiger partial charge in [-0.3, -0.25) is 0 Å². The van der Waals surface area contributed by atoms with Crippen molar-refractivity contribution in [2.75, 3.05) is 20.3 Å². The first-order valence-corrected chi connectivity index (χ1v) is 5.07. The molecule has 2 saturated heterocycles. The normalized spacial score (nSPS) is 41.0. The molecule has 2 atom stereocenters. The molecule has 4 nitrogen and oxygen atoms in total. The lowest BCUT2D eigenvalue weighted by Crippen LogP contribution is -2.40. The maximum atomic E-state index is 11.6. The van der Waals surface area contributed by atoms with E-state index in [1.165, 1.54) is 7.11 Å². The summed E-state index contributed by atoms with van der Waals surface area (Å²) in [4.78, 5) is 11.6. The molecule has 1 spiro atoms. The molecule has 2 unspecified atom stereocenters. The summed E-state index contributed by atoms with van der Waals surface area (Å²) in [5.74, 6) is -0.259. The number of carbonyl (C=O) groups is 1. The minimum Gasteiger partial charge on any atom is -0.467 e. The molecule has 0 N–H and O–H groups in total. The summed E-state index contributed by atoms with van der Waals surface area (Å²) in [5.41, 5.74) is -1.10. The monoisotopic (exact) mass is 200 g/mol. The van der Waals surface area contributed by atoms with E-state index in [4.69, 9.17) is 14.2 Å². The standard InChI is InChI=1S/C10H16O4/c1-3-10(8(11)12-2)9(14-10)5-4-6-13-7-9/h3-7H2,1-2H3. The van der Waals surface area contributed by atoms with Crippen LogP contribution in [0.3, 0.4) is 0 Å². The average Bonchev–Trinajstić information content (AvgIpc) is 2.87. The molecule has 4 heteroatoms. The highest BCUT2D eigenvalue weighted by Gasteiger charge is 2.74. The Labute approximate surface area is 83.5 Å². The van der Waals surface area contributed by atoms with E-state index in [1.807, 2.05) is 6.92 Å². The van der Waals surface area contributed by atoms with Crippen LogP contribution in [-0.4, -0.2) is 37.5 Å². The Bertz CT molecular complexity index is 245. The van der Waals surface area contributed by atoms with E-state index < -0.39 is 5.60 Å². The van der Waals surface area contributed by atoms with Crippen LogP contribution in [0.1, 0.15) is 26.2 Å². The highest BCUT2D eigenvalue weighted by atomic mass is 16.7. The number of hydrogen-bond donors (Lipinski definition) is 0. The second kappa shape index (κ2) is 3.21. The van der Waals surface area contributed by atoms with E-state index >= 15 is 0 Å². The van der Waals surface area contributed by atoms with Crippen LogP contribution in [0.5, 0.6) is 0 Å². The smallest absolute Gasteiger partial charge is 0.341 e. The van der Waals surface area contributed by atoms with Gasteiger partial charge in [0.25, 0.3) is 0 Å². The quantitative estimate of drug-likeness (QED) is 0.490. The molecular weight excluding hydrogens is 184 g/mol. The Morgan fingerprint density at radius 1 is 1.57 bits per heavy atom. The number of methoxy groups -OCH3 is 1. The van der Waals surface area contributed by atoms with Gasteiger partial charge in [-0.1, -0.05) is 6.92 Å². The number of rotatable bonds is 2. The van der Waals surface area contributed by atoms with Gasteiger partial charge in [-0.05, 0) is 19.3 Å². The number of esters is 1. The minimum absolute atomic E-state index is 0.259. The van der Waals surface area contributed by atoms with Gasteiger partial charge in [0.05, 0.1) is 13.7 Å². The second-order valence-electron chi connectivity index (χ2n) is 3.92. The summed E-state index contributed by atoms with van der Waals surface area (Å²) in [6, 6.07) is 0. The van der Waals surface area contributed by atoms with Gasteiger partial charge in [-0.2, -0.15) is 0 Å². The number of ether oxygens (including phenoxy) is 3. The minimum atomic E-state index is -0.720.